The van der Waals surface area contributed by atoms with Gasteiger partial charge in [0.1, 0.15) is 0 Å². The summed E-state index contributed by atoms with van der Waals surface area (Å²) in [5, 5.41) is 10.2. The Morgan fingerprint density at radius 1 is 1.14 bits per heavy atom. The first-order valence-electron chi connectivity index (χ1n) is 8.89. The van der Waals surface area contributed by atoms with E-state index in [4.69, 9.17) is 12.2 Å². The van der Waals surface area contributed by atoms with Crippen molar-refractivity contribution in [3.8, 4) is 0 Å². The van der Waals surface area contributed by atoms with E-state index in [1.807, 2.05) is 36.4 Å². The van der Waals surface area contributed by atoms with Crippen LogP contribution in [0.5, 0.6) is 0 Å². The minimum Gasteiger partial charge on any atom is -0.351 e. The number of carbonyl (C=O) groups is 1. The first-order chi connectivity index (χ1) is 13.9. The van der Waals surface area contributed by atoms with E-state index in [0.717, 1.165) is 15.4 Å². The fourth-order valence-corrected chi connectivity index (χ4v) is 3.87. The minimum absolute atomic E-state index is 0.271. The first-order valence-corrected chi connectivity index (χ1v) is 10.1. The van der Waals surface area contributed by atoms with Crippen LogP contribution in [0, 0.1) is 0 Å². The standard InChI is InChI=1S/C21H17BrN4O2S/c1-11-17(20(28)24-14-8-6-13(22)7-9-14)18(26-21(29)23-11)15-10-12-4-2-3-5-16(12)25-19(15)27/h2-10,18H,1H3,(H,24,28)(H,25,27)(H2,23,26,29). The molecule has 1 aromatic heterocycles. The Morgan fingerprint density at radius 3 is 2.62 bits per heavy atom. The maximum absolute atomic E-state index is 13.1. The second kappa shape index (κ2) is 7.81. The van der Waals surface area contributed by atoms with Crippen LogP contribution in [-0.4, -0.2) is 16.0 Å². The number of allylic oxidation sites excluding steroid dienone is 1. The lowest BCUT2D eigenvalue weighted by Gasteiger charge is -2.30. The highest BCUT2D eigenvalue weighted by Gasteiger charge is 2.31. The maximum atomic E-state index is 13.1. The summed E-state index contributed by atoms with van der Waals surface area (Å²) in [7, 11) is 0. The molecule has 29 heavy (non-hydrogen) atoms. The third kappa shape index (κ3) is 3.94. The molecule has 0 radical (unpaired) electrons. The van der Waals surface area contributed by atoms with Crippen LogP contribution in [0.25, 0.3) is 10.9 Å². The molecule has 0 aliphatic carbocycles. The number of aromatic nitrogens is 1. The van der Waals surface area contributed by atoms with E-state index < -0.39 is 6.04 Å². The molecule has 0 saturated carbocycles. The number of nitrogens with one attached hydrogen (secondary N) is 4. The number of hydrogen-bond donors (Lipinski definition) is 4. The molecular weight excluding hydrogens is 452 g/mol. The second-order valence-corrected chi connectivity index (χ2v) is 8.00. The summed E-state index contributed by atoms with van der Waals surface area (Å²) >= 11 is 8.65. The summed E-state index contributed by atoms with van der Waals surface area (Å²) in [6.07, 6.45) is 0. The molecule has 4 rings (SSSR count). The lowest BCUT2D eigenvalue weighted by atomic mass is 9.95. The Kier molecular flexibility index (Phi) is 5.21. The molecule has 8 heteroatoms. The van der Waals surface area contributed by atoms with E-state index >= 15 is 0 Å². The average molecular weight is 469 g/mol. The quantitative estimate of drug-likeness (QED) is 0.440. The molecule has 2 aromatic carbocycles. The van der Waals surface area contributed by atoms with Crippen molar-refractivity contribution >= 4 is 55.8 Å². The Labute approximate surface area is 180 Å². The number of amides is 1. The van der Waals surface area contributed by atoms with Gasteiger partial charge in [-0.3, -0.25) is 9.59 Å². The van der Waals surface area contributed by atoms with Crippen molar-refractivity contribution in [1.82, 2.24) is 15.6 Å². The Morgan fingerprint density at radius 2 is 1.86 bits per heavy atom. The lowest BCUT2D eigenvalue weighted by Crippen LogP contribution is -2.47. The van der Waals surface area contributed by atoms with Crippen molar-refractivity contribution in [1.29, 1.82) is 0 Å². The van der Waals surface area contributed by atoms with E-state index in [-0.39, 0.29) is 11.5 Å². The van der Waals surface area contributed by atoms with Crippen molar-refractivity contribution in [3.05, 3.63) is 86.3 Å². The number of pyridine rings is 1. The molecule has 4 N–H and O–H groups in total. The molecule has 3 aromatic rings. The zero-order chi connectivity index (χ0) is 20.5. The smallest absolute Gasteiger partial charge is 0.255 e. The number of rotatable bonds is 3. The normalized spacial score (nSPS) is 16.3. The van der Waals surface area contributed by atoms with Crippen LogP contribution in [0.4, 0.5) is 5.69 Å². The Balaban J connectivity index is 1.76. The van der Waals surface area contributed by atoms with Gasteiger partial charge < -0.3 is 20.9 Å². The van der Waals surface area contributed by atoms with Crippen molar-refractivity contribution in [2.75, 3.05) is 5.32 Å². The van der Waals surface area contributed by atoms with Crippen LogP contribution in [0.1, 0.15) is 18.5 Å². The molecule has 146 valence electrons. The predicted octanol–water partition coefficient (Wildman–Crippen LogP) is 3.72. The Hall–Kier alpha value is -2.97. The van der Waals surface area contributed by atoms with E-state index in [1.54, 1.807) is 25.1 Å². The van der Waals surface area contributed by atoms with Gasteiger partial charge in [0.05, 0.1) is 11.6 Å². The topological polar surface area (TPSA) is 86.0 Å². The zero-order valence-corrected chi connectivity index (χ0v) is 17.8. The largest absolute Gasteiger partial charge is 0.351 e. The molecule has 1 aliphatic rings. The van der Waals surface area contributed by atoms with Gasteiger partial charge in [0.25, 0.3) is 11.5 Å². The van der Waals surface area contributed by atoms with Gasteiger partial charge in [-0.1, -0.05) is 34.1 Å². The SMILES string of the molecule is CC1=C(C(=O)Nc2ccc(Br)cc2)C(c2cc3ccccc3[nH]c2=O)NC(=S)N1. The van der Waals surface area contributed by atoms with Gasteiger partial charge in [-0.05, 0) is 60.9 Å². The van der Waals surface area contributed by atoms with Crippen molar-refractivity contribution in [3.63, 3.8) is 0 Å². The van der Waals surface area contributed by atoms with Gasteiger partial charge >= 0.3 is 0 Å². The summed E-state index contributed by atoms with van der Waals surface area (Å²) < 4.78 is 0.915. The van der Waals surface area contributed by atoms with E-state index in [1.165, 1.54) is 0 Å². The zero-order valence-electron chi connectivity index (χ0n) is 15.4. The number of hydrogen-bond acceptors (Lipinski definition) is 3. The number of thiocarbonyl (C=S) groups is 1. The van der Waals surface area contributed by atoms with Crippen molar-refractivity contribution < 1.29 is 4.79 Å². The first kappa shape index (κ1) is 19.4. The molecular formula is C21H17BrN4O2S. The summed E-state index contributed by atoms with van der Waals surface area (Å²) in [5.41, 5.74) is 2.54. The third-order valence-corrected chi connectivity index (χ3v) is 5.46. The van der Waals surface area contributed by atoms with Gasteiger partial charge in [-0.25, -0.2) is 0 Å². The summed E-state index contributed by atoms with van der Waals surface area (Å²) in [5.74, 6) is -0.315. The van der Waals surface area contributed by atoms with E-state index in [2.05, 4.69) is 36.9 Å². The molecule has 1 aliphatic heterocycles. The fourth-order valence-electron chi connectivity index (χ4n) is 3.34. The minimum atomic E-state index is -0.674. The van der Waals surface area contributed by atoms with Crippen LogP contribution < -0.4 is 21.5 Å². The van der Waals surface area contributed by atoms with Gasteiger partial charge in [0.15, 0.2) is 5.11 Å². The van der Waals surface area contributed by atoms with Crippen LogP contribution in [0.3, 0.4) is 0 Å². The Bertz CT molecular complexity index is 1220. The van der Waals surface area contributed by atoms with Gasteiger partial charge in [0, 0.05) is 26.9 Å². The fraction of sp³-hybridized carbons (Fsp3) is 0.0952. The number of fused-ring (bicyclic) bond motifs is 1. The second-order valence-electron chi connectivity index (χ2n) is 6.67. The van der Waals surface area contributed by atoms with Crippen molar-refractivity contribution in [2.45, 2.75) is 13.0 Å². The monoisotopic (exact) mass is 468 g/mol. The molecule has 1 amide bonds. The summed E-state index contributed by atoms with van der Waals surface area (Å²) in [6.45, 7) is 1.77. The highest BCUT2D eigenvalue weighted by atomic mass is 79.9. The van der Waals surface area contributed by atoms with Gasteiger partial charge in [-0.15, -0.1) is 0 Å². The third-order valence-electron chi connectivity index (χ3n) is 4.71. The number of benzene rings is 2. The van der Waals surface area contributed by atoms with Crippen LogP contribution >= 0.6 is 28.1 Å². The molecule has 2 heterocycles. The highest BCUT2D eigenvalue weighted by molar-refractivity contribution is 9.10. The number of para-hydroxylation sites is 1. The molecule has 0 fully saturated rings. The molecule has 6 nitrogen and oxygen atoms in total. The highest BCUT2D eigenvalue weighted by Crippen LogP contribution is 2.27. The van der Waals surface area contributed by atoms with Gasteiger partial charge in [0.2, 0.25) is 0 Å². The molecule has 1 atom stereocenters. The van der Waals surface area contributed by atoms with Crippen LogP contribution in [0.15, 0.2) is 75.1 Å². The lowest BCUT2D eigenvalue weighted by molar-refractivity contribution is -0.113. The maximum Gasteiger partial charge on any atom is 0.255 e. The summed E-state index contributed by atoms with van der Waals surface area (Å²) in [4.78, 5) is 28.8. The molecule has 0 spiro atoms. The average Bonchev–Trinajstić information content (AvgIpc) is 2.68. The molecule has 0 saturated heterocycles. The van der Waals surface area contributed by atoms with Crippen LogP contribution in [-0.2, 0) is 4.79 Å². The number of anilines is 1. The summed E-state index contributed by atoms with van der Waals surface area (Å²) in [6, 6.07) is 15.9. The number of carbonyl (C=O) groups excluding carboxylic acids is 1. The number of H-pyrrole nitrogens is 1. The van der Waals surface area contributed by atoms with E-state index in [9.17, 15) is 9.59 Å². The number of aromatic amines is 1. The van der Waals surface area contributed by atoms with Crippen molar-refractivity contribution in [2.24, 2.45) is 0 Å². The number of halogens is 1. The predicted molar refractivity (Wildman–Crippen MR) is 122 cm³/mol. The molecule has 1 unspecified atom stereocenters. The van der Waals surface area contributed by atoms with Crippen LogP contribution in [0.2, 0.25) is 0 Å². The van der Waals surface area contributed by atoms with E-state index in [0.29, 0.717) is 27.6 Å². The molecule has 0 bridgehead atoms. The van der Waals surface area contributed by atoms with Gasteiger partial charge in [-0.2, -0.15) is 0 Å².